The third-order valence-electron chi connectivity index (χ3n) is 9.43. The van der Waals surface area contributed by atoms with E-state index in [4.69, 9.17) is 0 Å². The molecule has 8 aromatic rings. The van der Waals surface area contributed by atoms with Crippen molar-refractivity contribution >= 4 is 38.6 Å². The van der Waals surface area contributed by atoms with E-state index in [0.29, 0.717) is 0 Å². The fraction of sp³-hybridized carbons (Fsp3) is 0.0222. The van der Waals surface area contributed by atoms with Crippen molar-refractivity contribution < 1.29 is 0 Å². The average Bonchev–Trinajstić information content (AvgIpc) is 3.13. The van der Waals surface area contributed by atoms with Crippen LogP contribution in [0, 0.1) is 0 Å². The van der Waals surface area contributed by atoms with Crippen LogP contribution < -0.4 is 4.90 Å². The molecule has 0 saturated carbocycles. The van der Waals surface area contributed by atoms with Crippen molar-refractivity contribution in [3.63, 3.8) is 0 Å². The van der Waals surface area contributed by atoms with Crippen LogP contribution in [0.5, 0.6) is 0 Å². The number of para-hydroxylation sites is 1. The Bertz CT molecular complexity index is 2370. The van der Waals surface area contributed by atoms with Crippen molar-refractivity contribution in [1.82, 2.24) is 0 Å². The first-order valence-corrected chi connectivity index (χ1v) is 16.0. The highest BCUT2D eigenvalue weighted by Gasteiger charge is 2.22. The summed E-state index contributed by atoms with van der Waals surface area (Å²) in [6.07, 6.45) is 0.944. The van der Waals surface area contributed by atoms with E-state index in [1.165, 1.54) is 66.1 Å². The number of nitrogens with zero attached hydrogens (tertiary/aromatic N) is 1. The average molecular weight is 586 g/mol. The van der Waals surface area contributed by atoms with Crippen LogP contribution in [-0.4, -0.2) is 0 Å². The Morgan fingerprint density at radius 2 is 1.00 bits per heavy atom. The molecule has 0 radical (unpaired) electrons. The van der Waals surface area contributed by atoms with Crippen molar-refractivity contribution in [3.05, 3.63) is 187 Å². The Morgan fingerprint density at radius 1 is 0.370 bits per heavy atom. The van der Waals surface area contributed by atoms with Gasteiger partial charge in [-0.25, -0.2) is 0 Å². The van der Waals surface area contributed by atoms with E-state index in [2.05, 4.69) is 181 Å². The predicted molar refractivity (Wildman–Crippen MR) is 195 cm³/mol. The van der Waals surface area contributed by atoms with Crippen molar-refractivity contribution in [2.45, 2.75) is 6.42 Å². The minimum atomic E-state index is 0.944. The summed E-state index contributed by atoms with van der Waals surface area (Å²) < 4.78 is 0. The summed E-state index contributed by atoms with van der Waals surface area (Å²) in [7, 11) is 0. The van der Waals surface area contributed by atoms with Gasteiger partial charge in [0.2, 0.25) is 0 Å². The molecule has 1 heteroatoms. The first-order valence-electron chi connectivity index (χ1n) is 16.0. The summed E-state index contributed by atoms with van der Waals surface area (Å²) in [5.74, 6) is 0. The number of rotatable bonds is 5. The predicted octanol–water partition coefficient (Wildman–Crippen LogP) is 12.4. The molecule has 8 aromatic carbocycles. The Morgan fingerprint density at radius 3 is 1.80 bits per heavy atom. The lowest BCUT2D eigenvalue weighted by Crippen LogP contribution is -2.09. The smallest absolute Gasteiger partial charge is 0.0467 e. The highest BCUT2D eigenvalue weighted by molar-refractivity contribution is 6.13. The van der Waals surface area contributed by atoms with E-state index < -0.39 is 0 Å². The van der Waals surface area contributed by atoms with Gasteiger partial charge in [-0.3, -0.25) is 0 Å². The zero-order valence-corrected chi connectivity index (χ0v) is 25.4. The fourth-order valence-corrected chi connectivity index (χ4v) is 7.38. The van der Waals surface area contributed by atoms with Crippen LogP contribution >= 0.6 is 0 Å². The summed E-state index contributed by atoms with van der Waals surface area (Å²) in [5, 5.41) is 5.34. The molecule has 0 N–H and O–H groups in total. The van der Waals surface area contributed by atoms with E-state index in [0.717, 1.165) is 23.5 Å². The van der Waals surface area contributed by atoms with Gasteiger partial charge in [0, 0.05) is 17.1 Å². The molecule has 0 fully saturated rings. The zero-order valence-electron chi connectivity index (χ0n) is 25.4. The molecule has 216 valence electrons. The monoisotopic (exact) mass is 585 g/mol. The molecule has 0 atom stereocenters. The van der Waals surface area contributed by atoms with Gasteiger partial charge in [0.1, 0.15) is 0 Å². The Labute approximate surface area is 269 Å². The van der Waals surface area contributed by atoms with Crippen molar-refractivity contribution in [2.24, 2.45) is 0 Å². The van der Waals surface area contributed by atoms with Gasteiger partial charge in [-0.05, 0) is 115 Å². The van der Waals surface area contributed by atoms with Crippen molar-refractivity contribution in [2.75, 3.05) is 4.90 Å². The maximum Gasteiger partial charge on any atom is 0.0467 e. The molecule has 9 rings (SSSR count). The van der Waals surface area contributed by atoms with Gasteiger partial charge in [0.05, 0.1) is 0 Å². The minimum absolute atomic E-state index is 0.944. The van der Waals surface area contributed by atoms with E-state index in [1.54, 1.807) is 0 Å². The topological polar surface area (TPSA) is 3.24 Å². The quantitative estimate of drug-likeness (QED) is 0.194. The number of hydrogen-bond donors (Lipinski definition) is 0. The van der Waals surface area contributed by atoms with E-state index in [1.807, 2.05) is 0 Å². The summed E-state index contributed by atoms with van der Waals surface area (Å²) in [5.41, 5.74) is 13.9. The third kappa shape index (κ3) is 4.40. The molecule has 0 aromatic heterocycles. The standard InChI is InChI=1S/C45H31N/c1-3-12-31(13-4-1)34-16-10-20-39(29-34)46(37-18-5-2-6-19-37)38-26-24-32(25-27-38)43-30-36-28-35-17-9-14-33-15-11-23-42(44(33)35)45(36)41-22-8-7-21-40(41)43/h1-27,29-30H,28H2. The Balaban J connectivity index is 1.17. The first kappa shape index (κ1) is 26.5. The first-order chi connectivity index (χ1) is 22.8. The van der Waals surface area contributed by atoms with Crippen LogP contribution in [0.25, 0.3) is 54.9 Å². The van der Waals surface area contributed by atoms with Crippen molar-refractivity contribution in [1.29, 1.82) is 0 Å². The summed E-state index contributed by atoms with van der Waals surface area (Å²) >= 11 is 0. The highest BCUT2D eigenvalue weighted by atomic mass is 15.1. The van der Waals surface area contributed by atoms with Gasteiger partial charge in [-0.1, -0.05) is 133 Å². The number of fused-ring (bicyclic) bond motifs is 4. The second-order valence-electron chi connectivity index (χ2n) is 12.1. The maximum atomic E-state index is 2.44. The van der Waals surface area contributed by atoms with Crippen LogP contribution in [0.4, 0.5) is 17.1 Å². The van der Waals surface area contributed by atoms with Crippen LogP contribution in [0.15, 0.2) is 176 Å². The summed E-state index contributed by atoms with van der Waals surface area (Å²) in [6.45, 7) is 0. The summed E-state index contributed by atoms with van der Waals surface area (Å²) in [6, 6.07) is 64.0. The number of benzene rings is 8. The molecule has 1 nitrogen and oxygen atoms in total. The lowest BCUT2D eigenvalue weighted by Gasteiger charge is -2.26. The molecule has 0 bridgehead atoms. The highest BCUT2D eigenvalue weighted by Crippen LogP contribution is 2.46. The van der Waals surface area contributed by atoms with Crippen LogP contribution in [-0.2, 0) is 6.42 Å². The van der Waals surface area contributed by atoms with Gasteiger partial charge in [-0.15, -0.1) is 0 Å². The van der Waals surface area contributed by atoms with Crippen LogP contribution in [0.2, 0.25) is 0 Å². The van der Waals surface area contributed by atoms with Gasteiger partial charge in [-0.2, -0.15) is 0 Å². The maximum absolute atomic E-state index is 2.44. The molecule has 0 aliphatic heterocycles. The van der Waals surface area contributed by atoms with Gasteiger partial charge in [0.25, 0.3) is 0 Å². The second-order valence-corrected chi connectivity index (χ2v) is 12.1. The largest absolute Gasteiger partial charge is 0.310 e. The molecule has 0 heterocycles. The van der Waals surface area contributed by atoms with E-state index in [9.17, 15) is 0 Å². The number of anilines is 3. The summed E-state index contributed by atoms with van der Waals surface area (Å²) in [4.78, 5) is 2.35. The normalized spacial score (nSPS) is 11.8. The molecular formula is C45H31N. The number of hydrogen-bond acceptors (Lipinski definition) is 1. The van der Waals surface area contributed by atoms with Crippen LogP contribution in [0.3, 0.4) is 0 Å². The Hall–Kier alpha value is -5.92. The van der Waals surface area contributed by atoms with Gasteiger partial charge in [0.15, 0.2) is 0 Å². The molecule has 46 heavy (non-hydrogen) atoms. The molecular weight excluding hydrogens is 555 g/mol. The minimum Gasteiger partial charge on any atom is -0.310 e. The Kier molecular flexibility index (Phi) is 6.28. The van der Waals surface area contributed by atoms with E-state index in [-0.39, 0.29) is 0 Å². The van der Waals surface area contributed by atoms with Crippen LogP contribution in [0.1, 0.15) is 11.1 Å². The molecule has 0 unspecified atom stereocenters. The molecule has 0 spiro atoms. The second kappa shape index (κ2) is 10.9. The fourth-order valence-electron chi connectivity index (χ4n) is 7.38. The van der Waals surface area contributed by atoms with Crippen molar-refractivity contribution in [3.8, 4) is 33.4 Å². The van der Waals surface area contributed by atoms with Gasteiger partial charge < -0.3 is 4.90 Å². The zero-order chi connectivity index (χ0) is 30.5. The van der Waals surface area contributed by atoms with Gasteiger partial charge >= 0.3 is 0 Å². The lowest BCUT2D eigenvalue weighted by atomic mass is 9.79. The molecule has 1 aliphatic rings. The van der Waals surface area contributed by atoms with E-state index >= 15 is 0 Å². The lowest BCUT2D eigenvalue weighted by molar-refractivity contribution is 1.21. The molecule has 0 amide bonds. The molecule has 0 saturated heterocycles. The molecule has 1 aliphatic carbocycles. The third-order valence-corrected chi connectivity index (χ3v) is 9.43. The SMILES string of the molecule is c1ccc(-c2cccc(N(c3ccccc3)c3ccc(-c4cc5c(c6ccccc46)-c4cccc6cccc(c46)C5)cc3)c2)cc1.